The van der Waals surface area contributed by atoms with E-state index in [1.807, 2.05) is 26.0 Å². The zero-order valence-corrected chi connectivity index (χ0v) is 14.1. The van der Waals surface area contributed by atoms with Crippen LogP contribution in [-0.4, -0.2) is 28.1 Å². The lowest BCUT2D eigenvalue weighted by Crippen LogP contribution is -2.45. The van der Waals surface area contributed by atoms with Crippen LogP contribution in [0.2, 0.25) is 5.02 Å². The van der Waals surface area contributed by atoms with E-state index in [2.05, 4.69) is 15.5 Å². The summed E-state index contributed by atoms with van der Waals surface area (Å²) in [6, 6.07) is 7.21. The third-order valence-corrected chi connectivity index (χ3v) is 3.36. The molecule has 0 atom stereocenters. The first kappa shape index (κ1) is 17.4. The van der Waals surface area contributed by atoms with Crippen molar-refractivity contribution < 1.29 is 9.32 Å². The minimum absolute atomic E-state index is 0.0269. The van der Waals surface area contributed by atoms with E-state index in [0.29, 0.717) is 42.5 Å². The van der Waals surface area contributed by atoms with E-state index < -0.39 is 5.54 Å². The fourth-order valence-corrected chi connectivity index (χ4v) is 2.01. The van der Waals surface area contributed by atoms with Crippen LogP contribution in [-0.2, 0) is 11.2 Å². The minimum Gasteiger partial charge on any atom is -0.354 e. The number of amides is 1. The molecule has 0 fully saturated rings. The molecular weight excluding hydrogens is 316 g/mol. The Labute approximate surface area is 140 Å². The Morgan fingerprint density at radius 1 is 1.35 bits per heavy atom. The Balaban J connectivity index is 1.79. The molecule has 0 unspecified atom stereocenters. The number of hydrogen-bond donors (Lipinski definition) is 2. The summed E-state index contributed by atoms with van der Waals surface area (Å²) in [5.41, 5.74) is 6.25. The molecule has 3 N–H and O–H groups in total. The van der Waals surface area contributed by atoms with Gasteiger partial charge in [0.2, 0.25) is 17.6 Å². The summed E-state index contributed by atoms with van der Waals surface area (Å²) in [7, 11) is 0. The zero-order valence-electron chi connectivity index (χ0n) is 13.3. The predicted molar refractivity (Wildman–Crippen MR) is 89.0 cm³/mol. The second-order valence-corrected chi connectivity index (χ2v) is 6.57. The molecule has 0 spiro atoms. The molecule has 0 aliphatic heterocycles. The van der Waals surface area contributed by atoms with Gasteiger partial charge in [-0.05, 0) is 44.5 Å². The highest BCUT2D eigenvalue weighted by molar-refractivity contribution is 6.30. The van der Waals surface area contributed by atoms with Crippen LogP contribution in [0.25, 0.3) is 11.4 Å². The maximum Gasteiger partial charge on any atom is 0.226 e. The lowest BCUT2D eigenvalue weighted by molar-refractivity contribution is -0.121. The molecule has 0 aliphatic carbocycles. The highest BCUT2D eigenvalue weighted by atomic mass is 35.5. The molecule has 0 radical (unpaired) electrons. The van der Waals surface area contributed by atoms with Crippen LogP contribution in [0.15, 0.2) is 28.8 Å². The lowest BCUT2D eigenvalue weighted by atomic mass is 10.1. The van der Waals surface area contributed by atoms with Crippen molar-refractivity contribution in [3.05, 3.63) is 35.2 Å². The zero-order chi connectivity index (χ0) is 16.9. The van der Waals surface area contributed by atoms with Gasteiger partial charge >= 0.3 is 0 Å². The van der Waals surface area contributed by atoms with Gasteiger partial charge in [0.1, 0.15) is 0 Å². The van der Waals surface area contributed by atoms with Crippen molar-refractivity contribution in [3.63, 3.8) is 0 Å². The summed E-state index contributed by atoms with van der Waals surface area (Å²) < 4.78 is 5.20. The summed E-state index contributed by atoms with van der Waals surface area (Å²) in [5.74, 6) is 1.01. The van der Waals surface area contributed by atoms with Gasteiger partial charge in [-0.3, -0.25) is 4.79 Å². The van der Waals surface area contributed by atoms with Crippen molar-refractivity contribution in [2.45, 2.75) is 38.6 Å². The topological polar surface area (TPSA) is 94.0 Å². The van der Waals surface area contributed by atoms with E-state index in [-0.39, 0.29) is 5.91 Å². The molecule has 7 heteroatoms. The number of halogens is 1. The highest BCUT2D eigenvalue weighted by Gasteiger charge is 2.13. The number of aromatic nitrogens is 2. The van der Waals surface area contributed by atoms with Gasteiger partial charge in [-0.15, -0.1) is 0 Å². The molecule has 0 aliphatic rings. The van der Waals surface area contributed by atoms with Crippen LogP contribution < -0.4 is 11.1 Å². The Kier molecular flexibility index (Phi) is 5.74. The molecule has 124 valence electrons. The van der Waals surface area contributed by atoms with Crippen LogP contribution in [0.1, 0.15) is 32.6 Å². The number of nitrogens with one attached hydrogen (secondary N) is 1. The standard InChI is InChI=1S/C16H21ClN4O2/c1-16(2,18)10-19-13(22)4-3-5-14-20-15(21-23-14)11-6-8-12(17)9-7-11/h6-9H,3-5,10,18H2,1-2H3,(H,19,22). The van der Waals surface area contributed by atoms with Crippen LogP contribution in [0, 0.1) is 0 Å². The van der Waals surface area contributed by atoms with E-state index in [1.165, 1.54) is 0 Å². The number of benzene rings is 1. The largest absolute Gasteiger partial charge is 0.354 e. The average Bonchev–Trinajstić information content (AvgIpc) is 2.94. The molecule has 2 aromatic rings. The van der Waals surface area contributed by atoms with Crippen molar-refractivity contribution in [1.82, 2.24) is 15.5 Å². The number of nitrogens with zero attached hydrogens (tertiary/aromatic N) is 2. The summed E-state index contributed by atoms with van der Waals surface area (Å²) in [6.07, 6.45) is 1.59. The quantitative estimate of drug-likeness (QED) is 0.810. The Morgan fingerprint density at radius 2 is 2.04 bits per heavy atom. The summed E-state index contributed by atoms with van der Waals surface area (Å²) in [5, 5.41) is 7.39. The number of hydrogen-bond acceptors (Lipinski definition) is 5. The first-order chi connectivity index (χ1) is 10.8. The van der Waals surface area contributed by atoms with Crippen LogP contribution in [0.4, 0.5) is 0 Å². The molecule has 1 aromatic heterocycles. The molecule has 2 rings (SSSR count). The molecule has 1 amide bonds. The van der Waals surface area contributed by atoms with Crippen molar-refractivity contribution in [2.75, 3.05) is 6.54 Å². The fourth-order valence-electron chi connectivity index (χ4n) is 1.89. The Hall–Kier alpha value is -1.92. The van der Waals surface area contributed by atoms with Crippen molar-refractivity contribution in [1.29, 1.82) is 0 Å². The van der Waals surface area contributed by atoms with E-state index >= 15 is 0 Å². The van der Waals surface area contributed by atoms with E-state index in [9.17, 15) is 4.79 Å². The van der Waals surface area contributed by atoms with Gasteiger partial charge in [-0.2, -0.15) is 4.98 Å². The molecule has 0 saturated heterocycles. The maximum atomic E-state index is 11.7. The van der Waals surface area contributed by atoms with Crippen LogP contribution in [0.3, 0.4) is 0 Å². The van der Waals surface area contributed by atoms with Crippen molar-refractivity contribution >= 4 is 17.5 Å². The molecule has 23 heavy (non-hydrogen) atoms. The van der Waals surface area contributed by atoms with Gasteiger partial charge in [-0.25, -0.2) is 0 Å². The maximum absolute atomic E-state index is 11.7. The second kappa shape index (κ2) is 7.57. The number of carbonyl (C=O) groups excluding carboxylic acids is 1. The van der Waals surface area contributed by atoms with E-state index in [4.69, 9.17) is 21.9 Å². The van der Waals surface area contributed by atoms with E-state index in [0.717, 1.165) is 5.56 Å². The third-order valence-electron chi connectivity index (χ3n) is 3.11. The average molecular weight is 337 g/mol. The molecule has 1 aromatic carbocycles. The molecular formula is C16H21ClN4O2. The number of aryl methyl sites for hydroxylation is 1. The summed E-state index contributed by atoms with van der Waals surface area (Å²) in [6.45, 7) is 4.18. The molecule has 6 nitrogen and oxygen atoms in total. The van der Waals surface area contributed by atoms with Crippen LogP contribution in [0.5, 0.6) is 0 Å². The van der Waals surface area contributed by atoms with Crippen LogP contribution >= 0.6 is 11.6 Å². The van der Waals surface area contributed by atoms with Crippen molar-refractivity contribution in [3.8, 4) is 11.4 Å². The second-order valence-electron chi connectivity index (χ2n) is 6.14. The third kappa shape index (κ3) is 6.00. The molecule has 0 bridgehead atoms. The number of rotatable bonds is 7. The van der Waals surface area contributed by atoms with E-state index in [1.54, 1.807) is 12.1 Å². The summed E-state index contributed by atoms with van der Waals surface area (Å²) >= 11 is 5.85. The number of nitrogens with two attached hydrogens (primary N) is 1. The SMILES string of the molecule is CC(C)(N)CNC(=O)CCCc1nc(-c2ccc(Cl)cc2)no1. The Morgan fingerprint density at radius 3 is 2.70 bits per heavy atom. The predicted octanol–water partition coefficient (Wildman–Crippen LogP) is 2.57. The van der Waals surface area contributed by atoms with Gasteiger partial charge in [0, 0.05) is 35.5 Å². The minimum atomic E-state index is -0.407. The van der Waals surface area contributed by atoms with Gasteiger partial charge in [-0.1, -0.05) is 16.8 Å². The monoisotopic (exact) mass is 336 g/mol. The highest BCUT2D eigenvalue weighted by Crippen LogP contribution is 2.19. The smallest absolute Gasteiger partial charge is 0.226 e. The van der Waals surface area contributed by atoms with Crippen molar-refractivity contribution in [2.24, 2.45) is 5.73 Å². The first-order valence-corrected chi connectivity index (χ1v) is 7.85. The molecule has 1 heterocycles. The summed E-state index contributed by atoms with van der Waals surface area (Å²) in [4.78, 5) is 16.0. The lowest BCUT2D eigenvalue weighted by Gasteiger charge is -2.18. The fraction of sp³-hybridized carbons (Fsp3) is 0.438. The van der Waals surface area contributed by atoms with Gasteiger partial charge in [0.05, 0.1) is 0 Å². The van der Waals surface area contributed by atoms with Gasteiger partial charge in [0.15, 0.2) is 0 Å². The molecule has 0 saturated carbocycles. The number of carbonyl (C=O) groups is 1. The van der Waals surface area contributed by atoms with Gasteiger partial charge < -0.3 is 15.6 Å². The normalized spacial score (nSPS) is 11.5. The first-order valence-electron chi connectivity index (χ1n) is 7.47. The van der Waals surface area contributed by atoms with Gasteiger partial charge in [0.25, 0.3) is 0 Å². The Bertz CT molecular complexity index is 647.